The highest BCUT2D eigenvalue weighted by molar-refractivity contribution is 5.79. The zero-order valence-electron chi connectivity index (χ0n) is 9.94. The molecule has 0 heterocycles. The zero-order chi connectivity index (χ0) is 12.0. The van der Waals surface area contributed by atoms with E-state index < -0.39 is 0 Å². The molecule has 3 N–H and O–H groups in total. The standard InChI is InChI=1S/C13H20N2O/c1-3-11(10-8-6-5-7-9-10)15-12(4-2)13(14)16/h5-9,11-12,15H,3-4H2,1-2H3,(H2,14,16). The summed E-state index contributed by atoms with van der Waals surface area (Å²) in [4.78, 5) is 11.2. The maximum absolute atomic E-state index is 11.2. The second-order valence-electron chi connectivity index (χ2n) is 3.90. The van der Waals surface area contributed by atoms with E-state index in [0.717, 1.165) is 12.8 Å². The third kappa shape index (κ3) is 3.35. The van der Waals surface area contributed by atoms with Crippen LogP contribution in [0.4, 0.5) is 0 Å². The molecule has 0 spiro atoms. The Bertz CT molecular complexity index is 324. The summed E-state index contributed by atoms with van der Waals surface area (Å²) < 4.78 is 0. The van der Waals surface area contributed by atoms with Crippen LogP contribution in [0.1, 0.15) is 38.3 Å². The molecule has 0 aliphatic rings. The first-order valence-corrected chi connectivity index (χ1v) is 5.79. The van der Waals surface area contributed by atoms with Crippen LogP contribution in [0.15, 0.2) is 30.3 Å². The Hall–Kier alpha value is -1.35. The average Bonchev–Trinajstić information content (AvgIpc) is 2.31. The van der Waals surface area contributed by atoms with E-state index in [1.165, 1.54) is 5.56 Å². The number of amides is 1. The van der Waals surface area contributed by atoms with E-state index in [4.69, 9.17) is 5.73 Å². The van der Waals surface area contributed by atoms with Gasteiger partial charge in [0, 0.05) is 6.04 Å². The molecule has 0 fully saturated rings. The van der Waals surface area contributed by atoms with Crippen molar-refractivity contribution in [2.45, 2.75) is 38.8 Å². The molecule has 1 aromatic rings. The molecule has 88 valence electrons. The third-order valence-corrected chi connectivity index (χ3v) is 2.76. The van der Waals surface area contributed by atoms with Crippen LogP contribution in [0.3, 0.4) is 0 Å². The Morgan fingerprint density at radius 2 is 1.88 bits per heavy atom. The molecule has 3 nitrogen and oxygen atoms in total. The molecule has 0 radical (unpaired) electrons. The van der Waals surface area contributed by atoms with Crippen LogP contribution in [0.25, 0.3) is 0 Å². The summed E-state index contributed by atoms with van der Waals surface area (Å²) in [6, 6.07) is 10.1. The number of hydrogen-bond acceptors (Lipinski definition) is 2. The number of nitrogens with two attached hydrogens (primary N) is 1. The van der Waals surface area contributed by atoms with E-state index in [9.17, 15) is 4.79 Å². The Labute approximate surface area is 97.0 Å². The first-order chi connectivity index (χ1) is 7.69. The quantitative estimate of drug-likeness (QED) is 0.770. The van der Waals surface area contributed by atoms with Crippen LogP contribution in [0.5, 0.6) is 0 Å². The van der Waals surface area contributed by atoms with Gasteiger partial charge in [0.25, 0.3) is 0 Å². The summed E-state index contributed by atoms with van der Waals surface area (Å²) in [5.41, 5.74) is 6.53. The van der Waals surface area contributed by atoms with Crippen LogP contribution >= 0.6 is 0 Å². The topological polar surface area (TPSA) is 55.1 Å². The Morgan fingerprint density at radius 1 is 1.25 bits per heavy atom. The molecule has 1 amide bonds. The second-order valence-corrected chi connectivity index (χ2v) is 3.90. The summed E-state index contributed by atoms with van der Waals surface area (Å²) >= 11 is 0. The van der Waals surface area contributed by atoms with Crippen molar-refractivity contribution in [2.75, 3.05) is 0 Å². The number of carbonyl (C=O) groups excluding carboxylic acids is 1. The van der Waals surface area contributed by atoms with Gasteiger partial charge in [-0.25, -0.2) is 0 Å². The lowest BCUT2D eigenvalue weighted by Gasteiger charge is -2.22. The molecule has 2 atom stereocenters. The van der Waals surface area contributed by atoms with E-state index >= 15 is 0 Å². The normalized spacial score (nSPS) is 14.4. The molecule has 0 saturated carbocycles. The van der Waals surface area contributed by atoms with Crippen LogP contribution < -0.4 is 11.1 Å². The summed E-state index contributed by atoms with van der Waals surface area (Å²) in [7, 11) is 0. The van der Waals surface area contributed by atoms with Crippen LogP contribution in [0.2, 0.25) is 0 Å². The second kappa shape index (κ2) is 6.28. The summed E-state index contributed by atoms with van der Waals surface area (Å²) in [6.45, 7) is 4.05. The highest BCUT2D eigenvalue weighted by Crippen LogP contribution is 2.17. The number of hydrogen-bond donors (Lipinski definition) is 2. The van der Waals surface area contributed by atoms with Crippen molar-refractivity contribution in [1.29, 1.82) is 0 Å². The number of primary amides is 1. The van der Waals surface area contributed by atoms with Gasteiger partial charge in [-0.15, -0.1) is 0 Å². The minimum absolute atomic E-state index is 0.193. The number of rotatable bonds is 6. The molecule has 1 aromatic carbocycles. The number of benzene rings is 1. The number of carbonyl (C=O) groups is 1. The lowest BCUT2D eigenvalue weighted by atomic mass is 10.0. The molecular formula is C13H20N2O. The fraction of sp³-hybridized carbons (Fsp3) is 0.462. The van der Waals surface area contributed by atoms with E-state index in [2.05, 4.69) is 24.4 Å². The minimum atomic E-state index is -0.281. The molecular weight excluding hydrogens is 200 g/mol. The Balaban J connectivity index is 2.72. The van der Waals surface area contributed by atoms with Crippen molar-refractivity contribution in [1.82, 2.24) is 5.32 Å². The lowest BCUT2D eigenvalue weighted by molar-refractivity contribution is -0.120. The summed E-state index contributed by atoms with van der Waals surface area (Å²) in [5.74, 6) is -0.281. The van der Waals surface area contributed by atoms with Crippen LogP contribution in [-0.4, -0.2) is 11.9 Å². The van der Waals surface area contributed by atoms with Gasteiger partial charge in [-0.1, -0.05) is 44.2 Å². The lowest BCUT2D eigenvalue weighted by Crippen LogP contribution is -2.42. The van der Waals surface area contributed by atoms with E-state index in [1.807, 2.05) is 25.1 Å². The fourth-order valence-electron chi connectivity index (χ4n) is 1.78. The fourth-order valence-corrected chi connectivity index (χ4v) is 1.78. The van der Waals surface area contributed by atoms with Gasteiger partial charge in [0.2, 0.25) is 5.91 Å². The Kier molecular flexibility index (Phi) is 4.99. The highest BCUT2D eigenvalue weighted by atomic mass is 16.1. The van der Waals surface area contributed by atoms with Gasteiger partial charge in [-0.05, 0) is 18.4 Å². The molecule has 1 rings (SSSR count). The Morgan fingerprint density at radius 3 is 2.31 bits per heavy atom. The van der Waals surface area contributed by atoms with Gasteiger partial charge in [-0.2, -0.15) is 0 Å². The largest absolute Gasteiger partial charge is 0.368 e. The van der Waals surface area contributed by atoms with Crippen LogP contribution in [0, 0.1) is 0 Å². The van der Waals surface area contributed by atoms with Crippen molar-refractivity contribution in [2.24, 2.45) is 5.73 Å². The van der Waals surface area contributed by atoms with Crippen molar-refractivity contribution in [3.05, 3.63) is 35.9 Å². The predicted molar refractivity (Wildman–Crippen MR) is 65.9 cm³/mol. The third-order valence-electron chi connectivity index (χ3n) is 2.76. The van der Waals surface area contributed by atoms with Gasteiger partial charge < -0.3 is 5.73 Å². The van der Waals surface area contributed by atoms with E-state index in [1.54, 1.807) is 0 Å². The molecule has 0 aromatic heterocycles. The van der Waals surface area contributed by atoms with Crippen molar-refractivity contribution >= 4 is 5.91 Å². The van der Waals surface area contributed by atoms with E-state index in [0.29, 0.717) is 0 Å². The van der Waals surface area contributed by atoms with Crippen molar-refractivity contribution in [3.63, 3.8) is 0 Å². The van der Waals surface area contributed by atoms with Crippen molar-refractivity contribution in [3.8, 4) is 0 Å². The molecule has 0 bridgehead atoms. The zero-order valence-corrected chi connectivity index (χ0v) is 9.94. The number of nitrogens with one attached hydrogen (secondary N) is 1. The van der Waals surface area contributed by atoms with Gasteiger partial charge in [0.15, 0.2) is 0 Å². The smallest absolute Gasteiger partial charge is 0.234 e. The SMILES string of the molecule is CCC(NC(CC)c1ccccc1)C(N)=O. The summed E-state index contributed by atoms with van der Waals surface area (Å²) in [5, 5.41) is 3.29. The maximum Gasteiger partial charge on any atom is 0.234 e. The molecule has 2 unspecified atom stereocenters. The highest BCUT2D eigenvalue weighted by Gasteiger charge is 2.17. The van der Waals surface area contributed by atoms with Gasteiger partial charge in [0.1, 0.15) is 0 Å². The van der Waals surface area contributed by atoms with Gasteiger partial charge >= 0.3 is 0 Å². The molecule has 0 aliphatic carbocycles. The molecule has 0 saturated heterocycles. The average molecular weight is 220 g/mol. The first kappa shape index (κ1) is 12.7. The molecule has 0 aliphatic heterocycles. The summed E-state index contributed by atoms with van der Waals surface area (Å²) in [6.07, 6.45) is 1.66. The van der Waals surface area contributed by atoms with E-state index in [-0.39, 0.29) is 18.0 Å². The molecule has 16 heavy (non-hydrogen) atoms. The van der Waals surface area contributed by atoms with Gasteiger partial charge in [0.05, 0.1) is 6.04 Å². The molecule has 3 heteroatoms. The van der Waals surface area contributed by atoms with Crippen molar-refractivity contribution < 1.29 is 4.79 Å². The van der Waals surface area contributed by atoms with Crippen LogP contribution in [-0.2, 0) is 4.79 Å². The van der Waals surface area contributed by atoms with Gasteiger partial charge in [-0.3, -0.25) is 10.1 Å². The predicted octanol–water partition coefficient (Wildman–Crippen LogP) is 1.99. The maximum atomic E-state index is 11.2. The first-order valence-electron chi connectivity index (χ1n) is 5.79. The minimum Gasteiger partial charge on any atom is -0.368 e. The monoisotopic (exact) mass is 220 g/mol.